The molecule has 0 saturated heterocycles. The number of hydrogen-bond donors (Lipinski definition) is 1. The normalized spacial score (nSPS) is 20.3. The Labute approximate surface area is 101 Å². The molecule has 1 saturated carbocycles. The van der Waals surface area contributed by atoms with E-state index >= 15 is 0 Å². The number of phosphoric acid groups is 1. The zero-order chi connectivity index (χ0) is 12.1. The van der Waals surface area contributed by atoms with E-state index in [-0.39, 0.29) is 12.7 Å². The highest BCUT2D eigenvalue weighted by Crippen LogP contribution is 2.47. The van der Waals surface area contributed by atoms with E-state index in [1.807, 2.05) is 30.3 Å². The number of hydrogen-bond acceptors (Lipinski definition) is 3. The number of phosphoric ester groups is 1. The molecule has 94 valence electrons. The van der Waals surface area contributed by atoms with Gasteiger partial charge in [0.25, 0.3) is 0 Å². The Morgan fingerprint density at radius 2 is 1.88 bits per heavy atom. The van der Waals surface area contributed by atoms with E-state index in [1.54, 1.807) is 0 Å². The van der Waals surface area contributed by atoms with Gasteiger partial charge in [0.1, 0.15) is 0 Å². The van der Waals surface area contributed by atoms with Crippen LogP contribution in [-0.4, -0.2) is 11.0 Å². The molecule has 1 aromatic carbocycles. The van der Waals surface area contributed by atoms with Gasteiger partial charge in [-0.15, -0.1) is 0 Å². The molecule has 0 bridgehead atoms. The van der Waals surface area contributed by atoms with Crippen LogP contribution in [0.3, 0.4) is 0 Å². The van der Waals surface area contributed by atoms with Crippen molar-refractivity contribution in [2.45, 2.75) is 38.4 Å². The van der Waals surface area contributed by atoms with Crippen LogP contribution in [-0.2, 0) is 20.2 Å². The molecule has 0 amide bonds. The molecule has 2 rings (SSSR count). The first-order valence-corrected chi connectivity index (χ1v) is 7.35. The molecule has 1 aromatic rings. The molecule has 1 atom stereocenters. The third kappa shape index (κ3) is 4.25. The standard InChI is InChI=1S/C12H17O4P/c13-17(14,16-12-8-4-5-9-12)15-10-11-6-2-1-3-7-11/h1-3,6-7,12H,4-5,8-10H2,(H,13,14). The molecule has 0 spiro atoms. The molecule has 0 aliphatic heterocycles. The predicted molar refractivity (Wildman–Crippen MR) is 64.4 cm³/mol. The molecule has 1 aliphatic carbocycles. The van der Waals surface area contributed by atoms with Crippen molar-refractivity contribution >= 4 is 7.82 Å². The summed E-state index contributed by atoms with van der Waals surface area (Å²) in [6.45, 7) is 0.0985. The van der Waals surface area contributed by atoms with Gasteiger partial charge in [-0.2, -0.15) is 0 Å². The van der Waals surface area contributed by atoms with Crippen LogP contribution in [0, 0.1) is 0 Å². The maximum Gasteiger partial charge on any atom is 0.472 e. The number of rotatable bonds is 5. The van der Waals surface area contributed by atoms with Crippen LogP contribution in [0.2, 0.25) is 0 Å². The maximum absolute atomic E-state index is 11.7. The first-order valence-electron chi connectivity index (χ1n) is 5.85. The quantitative estimate of drug-likeness (QED) is 0.821. The van der Waals surface area contributed by atoms with Crippen LogP contribution in [0.5, 0.6) is 0 Å². The van der Waals surface area contributed by atoms with Gasteiger partial charge in [-0.3, -0.25) is 9.05 Å². The molecule has 1 unspecified atom stereocenters. The Balaban J connectivity index is 1.82. The van der Waals surface area contributed by atoms with Crippen molar-refractivity contribution in [1.82, 2.24) is 0 Å². The van der Waals surface area contributed by atoms with Gasteiger partial charge < -0.3 is 4.89 Å². The minimum Gasteiger partial charge on any atom is -0.302 e. The zero-order valence-corrected chi connectivity index (χ0v) is 10.5. The number of benzene rings is 1. The zero-order valence-electron chi connectivity index (χ0n) is 9.62. The van der Waals surface area contributed by atoms with E-state index in [4.69, 9.17) is 9.05 Å². The van der Waals surface area contributed by atoms with Gasteiger partial charge in [-0.05, 0) is 18.4 Å². The van der Waals surface area contributed by atoms with Crippen molar-refractivity contribution in [2.75, 3.05) is 0 Å². The highest BCUT2D eigenvalue weighted by atomic mass is 31.2. The average Bonchev–Trinajstić information content (AvgIpc) is 2.80. The molecule has 1 aliphatic rings. The summed E-state index contributed by atoms with van der Waals surface area (Å²) in [4.78, 5) is 9.55. The second kappa shape index (κ2) is 5.78. The van der Waals surface area contributed by atoms with Gasteiger partial charge in [0.05, 0.1) is 12.7 Å². The van der Waals surface area contributed by atoms with Gasteiger partial charge in [-0.1, -0.05) is 43.2 Å². The Kier molecular flexibility index (Phi) is 4.35. The maximum atomic E-state index is 11.7. The first kappa shape index (κ1) is 12.8. The summed E-state index contributed by atoms with van der Waals surface area (Å²) in [6.07, 6.45) is 3.69. The molecule has 4 nitrogen and oxygen atoms in total. The lowest BCUT2D eigenvalue weighted by Crippen LogP contribution is -2.07. The van der Waals surface area contributed by atoms with Gasteiger partial charge in [-0.25, -0.2) is 4.57 Å². The fraction of sp³-hybridized carbons (Fsp3) is 0.500. The summed E-state index contributed by atoms with van der Waals surface area (Å²) in [7, 11) is -3.91. The van der Waals surface area contributed by atoms with Crippen LogP contribution >= 0.6 is 7.82 Å². The average molecular weight is 256 g/mol. The highest BCUT2D eigenvalue weighted by molar-refractivity contribution is 7.47. The largest absolute Gasteiger partial charge is 0.472 e. The van der Waals surface area contributed by atoms with Crippen LogP contribution in [0.25, 0.3) is 0 Å². The lowest BCUT2D eigenvalue weighted by atomic mass is 10.2. The van der Waals surface area contributed by atoms with Crippen LogP contribution in [0.1, 0.15) is 31.2 Å². The van der Waals surface area contributed by atoms with Gasteiger partial charge in [0.15, 0.2) is 0 Å². The summed E-state index contributed by atoms with van der Waals surface area (Å²) in [5, 5.41) is 0. The molecular formula is C12H17O4P. The molecule has 17 heavy (non-hydrogen) atoms. The molecule has 5 heteroatoms. The van der Waals surface area contributed by atoms with Gasteiger partial charge >= 0.3 is 7.82 Å². The van der Waals surface area contributed by atoms with Crippen LogP contribution < -0.4 is 0 Å². The SMILES string of the molecule is O=P(O)(OCc1ccccc1)OC1CCCC1. The minimum absolute atomic E-state index is 0.0985. The molecular weight excluding hydrogens is 239 g/mol. The Bertz CT molecular complexity index is 387. The van der Waals surface area contributed by atoms with Crippen LogP contribution in [0.4, 0.5) is 0 Å². The van der Waals surface area contributed by atoms with E-state index in [2.05, 4.69) is 0 Å². The summed E-state index contributed by atoms with van der Waals surface area (Å²) in [5.41, 5.74) is 0.858. The third-order valence-corrected chi connectivity index (χ3v) is 3.84. The van der Waals surface area contributed by atoms with E-state index in [9.17, 15) is 9.46 Å². The fourth-order valence-corrected chi connectivity index (χ4v) is 2.90. The minimum atomic E-state index is -3.91. The summed E-state index contributed by atoms with van der Waals surface area (Å²) >= 11 is 0. The summed E-state index contributed by atoms with van der Waals surface area (Å²) in [5.74, 6) is 0. The predicted octanol–water partition coefficient (Wildman–Crippen LogP) is 3.26. The second-order valence-electron chi connectivity index (χ2n) is 4.24. The van der Waals surface area contributed by atoms with Crippen molar-refractivity contribution < 1.29 is 18.5 Å². The van der Waals surface area contributed by atoms with Gasteiger partial charge in [0.2, 0.25) is 0 Å². The first-order chi connectivity index (χ1) is 8.16. The smallest absolute Gasteiger partial charge is 0.302 e. The molecule has 1 fully saturated rings. The monoisotopic (exact) mass is 256 g/mol. The Morgan fingerprint density at radius 1 is 1.24 bits per heavy atom. The molecule has 0 radical (unpaired) electrons. The van der Waals surface area contributed by atoms with Crippen molar-refractivity contribution in [2.24, 2.45) is 0 Å². The van der Waals surface area contributed by atoms with Crippen molar-refractivity contribution in [3.63, 3.8) is 0 Å². The van der Waals surface area contributed by atoms with Gasteiger partial charge in [0, 0.05) is 0 Å². The van der Waals surface area contributed by atoms with E-state index < -0.39 is 7.82 Å². The molecule has 0 heterocycles. The lowest BCUT2D eigenvalue weighted by molar-refractivity contribution is 0.103. The summed E-state index contributed by atoms with van der Waals surface area (Å²) < 4.78 is 21.7. The van der Waals surface area contributed by atoms with Crippen molar-refractivity contribution in [1.29, 1.82) is 0 Å². The van der Waals surface area contributed by atoms with Crippen LogP contribution in [0.15, 0.2) is 30.3 Å². The molecule has 0 aromatic heterocycles. The Hall–Kier alpha value is -0.670. The van der Waals surface area contributed by atoms with E-state index in [0.29, 0.717) is 0 Å². The Morgan fingerprint density at radius 3 is 2.53 bits per heavy atom. The topological polar surface area (TPSA) is 55.8 Å². The second-order valence-corrected chi connectivity index (χ2v) is 5.65. The van der Waals surface area contributed by atoms with E-state index in [0.717, 1.165) is 31.2 Å². The van der Waals surface area contributed by atoms with Crippen molar-refractivity contribution in [3.05, 3.63) is 35.9 Å². The highest BCUT2D eigenvalue weighted by Gasteiger charge is 2.28. The molecule has 1 N–H and O–H groups in total. The summed E-state index contributed by atoms with van der Waals surface area (Å²) in [6, 6.07) is 9.29. The fourth-order valence-electron chi connectivity index (χ4n) is 1.94. The lowest BCUT2D eigenvalue weighted by Gasteiger charge is -2.16. The van der Waals surface area contributed by atoms with Crippen molar-refractivity contribution in [3.8, 4) is 0 Å². The van der Waals surface area contributed by atoms with E-state index in [1.165, 1.54) is 0 Å². The third-order valence-electron chi connectivity index (χ3n) is 2.82.